The van der Waals surface area contributed by atoms with Crippen LogP contribution in [0, 0.1) is 0 Å². The molecule has 0 aliphatic carbocycles. The van der Waals surface area contributed by atoms with Crippen molar-refractivity contribution < 1.29 is 8.42 Å². The fourth-order valence-corrected chi connectivity index (χ4v) is 3.36. The maximum atomic E-state index is 12.4. The van der Waals surface area contributed by atoms with Crippen LogP contribution in [0.5, 0.6) is 0 Å². The van der Waals surface area contributed by atoms with E-state index in [-0.39, 0.29) is 17.1 Å². The Hall–Kier alpha value is -0.920. The highest BCUT2D eigenvalue weighted by molar-refractivity contribution is 7.89. The summed E-state index contributed by atoms with van der Waals surface area (Å²) in [6, 6.07) is 1.74. The van der Waals surface area contributed by atoms with E-state index >= 15 is 0 Å². The van der Waals surface area contributed by atoms with E-state index in [1.807, 2.05) is 32.8 Å². The molecule has 0 bridgehead atoms. The number of sulfonamides is 1. The number of aromatic nitrogens is 2. The molecular formula is C13H26N4O2S. The minimum atomic E-state index is -3.52. The molecule has 1 unspecified atom stereocenters. The summed E-state index contributed by atoms with van der Waals surface area (Å²) in [4.78, 5) is 2.05. The van der Waals surface area contributed by atoms with Crippen molar-refractivity contribution in [3.63, 3.8) is 0 Å². The number of hydrogen-bond acceptors (Lipinski definition) is 4. The summed E-state index contributed by atoms with van der Waals surface area (Å²) >= 11 is 0. The Morgan fingerprint density at radius 2 is 2.05 bits per heavy atom. The van der Waals surface area contributed by atoms with Crippen molar-refractivity contribution >= 4 is 10.0 Å². The molecule has 0 aliphatic rings. The second-order valence-electron chi connectivity index (χ2n) is 5.47. The van der Waals surface area contributed by atoms with E-state index in [4.69, 9.17) is 0 Å². The SMILES string of the molecule is CCCC(CNS(=O)(=O)c1ccnn1C(C)C)N(C)C. The first kappa shape index (κ1) is 17.1. The maximum Gasteiger partial charge on any atom is 0.257 e. The van der Waals surface area contributed by atoms with Gasteiger partial charge in [0.25, 0.3) is 10.0 Å². The second kappa shape index (κ2) is 7.19. The molecule has 0 saturated carbocycles. The van der Waals surface area contributed by atoms with E-state index in [0.717, 1.165) is 12.8 Å². The van der Waals surface area contributed by atoms with Crippen LogP contribution >= 0.6 is 0 Å². The molecule has 1 atom stereocenters. The fraction of sp³-hybridized carbons (Fsp3) is 0.769. The third-order valence-electron chi connectivity index (χ3n) is 3.26. The van der Waals surface area contributed by atoms with E-state index in [9.17, 15) is 8.42 Å². The first-order chi connectivity index (χ1) is 9.29. The number of nitrogens with zero attached hydrogens (tertiary/aromatic N) is 3. The van der Waals surface area contributed by atoms with Gasteiger partial charge in [-0.15, -0.1) is 0 Å². The van der Waals surface area contributed by atoms with Crippen molar-refractivity contribution in [1.29, 1.82) is 0 Å². The van der Waals surface area contributed by atoms with Gasteiger partial charge in [-0.1, -0.05) is 13.3 Å². The summed E-state index contributed by atoms with van der Waals surface area (Å²) in [7, 11) is 0.415. The highest BCUT2D eigenvalue weighted by Gasteiger charge is 2.22. The van der Waals surface area contributed by atoms with Gasteiger partial charge in [0.2, 0.25) is 0 Å². The summed E-state index contributed by atoms with van der Waals surface area (Å²) in [6.45, 7) is 6.32. The van der Waals surface area contributed by atoms with Gasteiger partial charge < -0.3 is 4.90 Å². The molecule has 1 heterocycles. The molecule has 20 heavy (non-hydrogen) atoms. The fourth-order valence-electron chi connectivity index (χ4n) is 2.06. The monoisotopic (exact) mass is 302 g/mol. The molecular weight excluding hydrogens is 276 g/mol. The summed E-state index contributed by atoms with van der Waals surface area (Å²) in [5.41, 5.74) is 0. The van der Waals surface area contributed by atoms with Crippen LogP contribution in [0.2, 0.25) is 0 Å². The predicted octanol–water partition coefficient (Wildman–Crippen LogP) is 1.47. The number of likely N-dealkylation sites (N-methyl/N-ethyl adjacent to an activating group) is 1. The quantitative estimate of drug-likeness (QED) is 0.790. The maximum absolute atomic E-state index is 12.4. The van der Waals surface area contributed by atoms with Gasteiger partial charge >= 0.3 is 0 Å². The molecule has 7 heteroatoms. The second-order valence-corrected chi connectivity index (χ2v) is 7.18. The van der Waals surface area contributed by atoms with Crippen molar-refractivity contribution in [2.75, 3.05) is 20.6 Å². The van der Waals surface area contributed by atoms with Gasteiger partial charge in [0.15, 0.2) is 5.03 Å². The minimum Gasteiger partial charge on any atom is -0.305 e. The highest BCUT2D eigenvalue weighted by Crippen LogP contribution is 2.14. The first-order valence-electron chi connectivity index (χ1n) is 6.99. The molecule has 1 aromatic rings. The Kier molecular flexibility index (Phi) is 6.16. The lowest BCUT2D eigenvalue weighted by Crippen LogP contribution is -2.40. The normalized spacial score (nSPS) is 14.2. The van der Waals surface area contributed by atoms with Gasteiger partial charge in [-0.05, 0) is 40.4 Å². The molecule has 0 amide bonds. The third kappa shape index (κ3) is 4.29. The van der Waals surface area contributed by atoms with Crippen LogP contribution < -0.4 is 4.72 Å². The van der Waals surface area contributed by atoms with Gasteiger partial charge in [0.05, 0.1) is 6.20 Å². The van der Waals surface area contributed by atoms with Gasteiger partial charge in [-0.3, -0.25) is 4.68 Å². The summed E-state index contributed by atoms with van der Waals surface area (Å²) in [6.07, 6.45) is 3.50. The van der Waals surface area contributed by atoms with Crippen LogP contribution in [0.1, 0.15) is 39.7 Å². The minimum absolute atomic E-state index is 0.0110. The Labute approximate surface area is 122 Å². The van der Waals surface area contributed by atoms with Crippen LogP contribution in [0.3, 0.4) is 0 Å². The Bertz CT molecular complexity index is 508. The first-order valence-corrected chi connectivity index (χ1v) is 8.47. The molecule has 0 fully saturated rings. The smallest absolute Gasteiger partial charge is 0.257 e. The van der Waals surface area contributed by atoms with E-state index in [1.165, 1.54) is 16.9 Å². The molecule has 1 aromatic heterocycles. The molecule has 0 aliphatic heterocycles. The largest absolute Gasteiger partial charge is 0.305 e. The summed E-state index contributed by atoms with van der Waals surface area (Å²) in [5, 5.41) is 4.29. The van der Waals surface area contributed by atoms with Crippen molar-refractivity contribution in [3.05, 3.63) is 12.3 Å². The Balaban J connectivity index is 2.82. The van der Waals surface area contributed by atoms with Crippen LogP contribution in [-0.2, 0) is 10.0 Å². The molecule has 1 rings (SSSR count). The van der Waals surface area contributed by atoms with Crippen molar-refractivity contribution in [2.24, 2.45) is 0 Å². The van der Waals surface area contributed by atoms with Crippen LogP contribution in [0.4, 0.5) is 0 Å². The number of rotatable bonds is 8. The zero-order valence-electron chi connectivity index (χ0n) is 13.0. The molecule has 116 valence electrons. The van der Waals surface area contributed by atoms with E-state index < -0.39 is 10.0 Å². The summed E-state index contributed by atoms with van der Waals surface area (Å²) in [5.74, 6) is 0. The lowest BCUT2D eigenvalue weighted by molar-refractivity contribution is 0.277. The molecule has 1 N–H and O–H groups in total. The zero-order valence-corrected chi connectivity index (χ0v) is 13.8. The van der Waals surface area contributed by atoms with Crippen LogP contribution in [0.25, 0.3) is 0 Å². The van der Waals surface area contributed by atoms with E-state index in [1.54, 1.807) is 0 Å². The van der Waals surface area contributed by atoms with Gasteiger partial charge in [0.1, 0.15) is 0 Å². The zero-order chi connectivity index (χ0) is 15.3. The third-order valence-corrected chi connectivity index (χ3v) is 4.68. The highest BCUT2D eigenvalue weighted by atomic mass is 32.2. The number of nitrogens with one attached hydrogen (secondary N) is 1. The standard InChI is InChI=1S/C13H26N4O2S/c1-6-7-12(16(4)5)10-15-20(18,19)13-8-9-14-17(13)11(2)3/h8-9,11-12,15H,6-7,10H2,1-5H3. The lowest BCUT2D eigenvalue weighted by Gasteiger charge is -2.24. The predicted molar refractivity (Wildman–Crippen MR) is 80.2 cm³/mol. The lowest BCUT2D eigenvalue weighted by atomic mass is 10.1. The summed E-state index contributed by atoms with van der Waals surface area (Å²) < 4.78 is 28.9. The average molecular weight is 302 g/mol. The van der Waals surface area contributed by atoms with Crippen molar-refractivity contribution in [2.45, 2.75) is 50.7 Å². The van der Waals surface area contributed by atoms with Gasteiger partial charge in [-0.25, -0.2) is 13.1 Å². The number of hydrogen-bond donors (Lipinski definition) is 1. The molecule has 0 spiro atoms. The van der Waals surface area contributed by atoms with Gasteiger partial charge in [0, 0.05) is 18.6 Å². The Morgan fingerprint density at radius 1 is 1.40 bits per heavy atom. The molecule has 0 saturated heterocycles. The van der Waals surface area contributed by atoms with Crippen LogP contribution in [0.15, 0.2) is 17.3 Å². The van der Waals surface area contributed by atoms with Crippen LogP contribution in [-0.4, -0.2) is 49.8 Å². The van der Waals surface area contributed by atoms with Gasteiger partial charge in [-0.2, -0.15) is 5.10 Å². The topological polar surface area (TPSA) is 67.2 Å². The molecule has 0 aromatic carbocycles. The average Bonchev–Trinajstić information content (AvgIpc) is 2.84. The van der Waals surface area contributed by atoms with Crippen molar-refractivity contribution in [3.8, 4) is 0 Å². The van der Waals surface area contributed by atoms with E-state index in [2.05, 4.69) is 16.7 Å². The Morgan fingerprint density at radius 3 is 2.55 bits per heavy atom. The molecule has 6 nitrogen and oxygen atoms in total. The van der Waals surface area contributed by atoms with E-state index in [0.29, 0.717) is 6.54 Å². The molecule has 0 radical (unpaired) electrons. The van der Waals surface area contributed by atoms with Crippen molar-refractivity contribution in [1.82, 2.24) is 19.4 Å².